The van der Waals surface area contributed by atoms with Crippen LogP contribution in [0.4, 0.5) is 4.79 Å². The summed E-state index contributed by atoms with van der Waals surface area (Å²) in [4.78, 5) is 41.7. The van der Waals surface area contributed by atoms with Gasteiger partial charge in [0.1, 0.15) is 11.8 Å². The molecule has 1 heterocycles. The number of aliphatic hydroxyl groups is 1. The number of aryl methyl sites for hydroxylation is 2. The van der Waals surface area contributed by atoms with Gasteiger partial charge in [0.05, 0.1) is 20.4 Å². The number of para-hydroxylation sites is 1. The molecule has 9 nitrogen and oxygen atoms in total. The Labute approximate surface area is 293 Å². The van der Waals surface area contributed by atoms with Gasteiger partial charge in [-0.1, -0.05) is 92.4 Å². The van der Waals surface area contributed by atoms with Crippen molar-refractivity contribution in [3.05, 3.63) is 101 Å². The third kappa shape index (κ3) is 9.81. The molecule has 4 rings (SSSR count). The minimum absolute atomic E-state index is 0.0312. The highest BCUT2D eigenvalue weighted by Crippen LogP contribution is 2.22. The Bertz CT molecular complexity index is 2040. The lowest BCUT2D eigenvalue weighted by molar-refractivity contribution is -0.128. The van der Waals surface area contributed by atoms with Crippen LogP contribution in [-0.2, 0) is 22.4 Å². The fraction of sp³-hybridized carbons (Fsp3) is 0.432. The van der Waals surface area contributed by atoms with Crippen molar-refractivity contribution in [1.82, 2.24) is 20.9 Å². The molecule has 1 aliphatic heterocycles. The van der Waals surface area contributed by atoms with Crippen LogP contribution in [0.1, 0.15) is 69.4 Å². The SMILES string of the molecule is [2H]c1c([2H])c([2H])c(C([2H])([2H])[C@@H](C[C@H](O)[C@H](Cc2ccccc2)NC(=O)COc2c(C)cccc2C)NC(=O)[C@@]([2H])(N2CCCNC2=O)C([2H])(C([2H])([2H])[2H])C([2H])([2H])[2H])c([2H])c1[2H]. The van der Waals surface area contributed by atoms with Gasteiger partial charge in [0.25, 0.3) is 5.91 Å². The van der Waals surface area contributed by atoms with Crippen LogP contribution in [0.2, 0.25) is 0 Å². The number of amides is 4. The summed E-state index contributed by atoms with van der Waals surface area (Å²) in [6, 6.07) is -0.255. The maximum atomic E-state index is 14.7. The zero-order valence-electron chi connectivity index (χ0n) is 40.6. The largest absolute Gasteiger partial charge is 0.483 e. The summed E-state index contributed by atoms with van der Waals surface area (Å²) in [6.45, 7) is -5.65. The Morgan fingerprint density at radius 2 is 1.78 bits per heavy atom. The molecule has 0 radical (unpaired) electrons. The van der Waals surface area contributed by atoms with E-state index in [-0.39, 0.29) is 24.3 Å². The van der Waals surface area contributed by atoms with Crippen molar-refractivity contribution in [1.29, 1.82) is 0 Å². The highest BCUT2D eigenvalue weighted by atomic mass is 16.5. The molecule has 4 N–H and O–H groups in total. The molecule has 9 heteroatoms. The summed E-state index contributed by atoms with van der Waals surface area (Å²) in [5.41, 5.74) is 0.954. The van der Waals surface area contributed by atoms with E-state index >= 15 is 0 Å². The zero-order chi connectivity index (χ0) is 46.0. The summed E-state index contributed by atoms with van der Waals surface area (Å²) >= 11 is 0. The Balaban J connectivity index is 1.88. The second-order valence-corrected chi connectivity index (χ2v) is 10.8. The molecular formula is C37H48N4O5. The lowest BCUT2D eigenvalue weighted by Crippen LogP contribution is -2.59. The average molecular weight is 644 g/mol. The smallest absolute Gasteiger partial charge is 0.318 e. The summed E-state index contributed by atoms with van der Waals surface area (Å²) in [5, 5.41) is 19.0. The molecule has 46 heavy (non-hydrogen) atoms. The average Bonchev–Trinajstić information content (AvgIpc) is 3.17. The van der Waals surface area contributed by atoms with Gasteiger partial charge in [0, 0.05) is 31.5 Å². The number of hydrogen-bond donors (Lipinski definition) is 4. The number of benzene rings is 3. The van der Waals surface area contributed by atoms with Gasteiger partial charge < -0.3 is 30.7 Å². The lowest BCUT2D eigenvalue weighted by atomic mass is 9.92. The van der Waals surface area contributed by atoms with Crippen molar-refractivity contribution in [3.63, 3.8) is 0 Å². The first-order chi connectivity index (χ1) is 28.1. The van der Waals surface area contributed by atoms with Crippen LogP contribution in [0.5, 0.6) is 5.75 Å². The van der Waals surface area contributed by atoms with Crippen molar-refractivity contribution in [2.45, 2.75) is 77.4 Å². The Morgan fingerprint density at radius 3 is 2.46 bits per heavy atom. The van der Waals surface area contributed by atoms with E-state index in [0.29, 0.717) is 11.3 Å². The highest BCUT2D eigenvalue weighted by molar-refractivity contribution is 5.87. The number of urea groups is 1. The predicted molar refractivity (Wildman–Crippen MR) is 180 cm³/mol. The number of nitrogens with zero attached hydrogens (tertiary/aromatic N) is 1. The number of carbonyl (C=O) groups is 3. The van der Waals surface area contributed by atoms with Gasteiger partial charge in [0.2, 0.25) is 5.91 Å². The molecule has 0 unspecified atom stereocenters. The fourth-order valence-corrected chi connectivity index (χ4v) is 5.06. The van der Waals surface area contributed by atoms with E-state index in [1.165, 1.54) is 0 Å². The molecule has 0 saturated carbocycles. The standard InChI is InChI=1S/C37H48N4O5/c1-25(2)34(41-20-12-19-38-37(41)45)36(44)39-30(21-28-15-7-5-8-16-28)23-32(42)31(22-29-17-9-6-10-18-29)40-33(43)24-46-35-26(3)13-11-14-27(35)4/h5-11,13-18,25,30-32,34,42H,12,19-24H2,1-4H3,(H,38,45)(H,39,44)(H,40,43)/t30-,31-,32-,34-/m0/s1/i1D3,2D3,5D,7D,8D,15D,16D,21D2,25D,34D. The first kappa shape index (κ1) is 19.3. The van der Waals surface area contributed by atoms with Crippen molar-refractivity contribution < 1.29 is 44.8 Å². The summed E-state index contributed by atoms with van der Waals surface area (Å²) in [6.07, 6.45) is -6.48. The van der Waals surface area contributed by atoms with Gasteiger partial charge in [0.15, 0.2) is 6.61 Å². The van der Waals surface area contributed by atoms with E-state index in [0.717, 1.165) is 11.1 Å². The number of hydrogen-bond acceptors (Lipinski definition) is 5. The van der Waals surface area contributed by atoms with Crippen LogP contribution in [0.3, 0.4) is 0 Å². The molecule has 3 aromatic carbocycles. The fourth-order valence-electron chi connectivity index (χ4n) is 5.06. The third-order valence-electron chi connectivity index (χ3n) is 7.27. The molecule has 4 atom stereocenters. The monoisotopic (exact) mass is 643 g/mol. The minimum Gasteiger partial charge on any atom is -0.483 e. The maximum Gasteiger partial charge on any atom is 0.318 e. The number of carbonyl (C=O) groups excluding carboxylic acids is 3. The van der Waals surface area contributed by atoms with Crippen molar-refractivity contribution >= 4 is 17.8 Å². The molecular weight excluding hydrogens is 580 g/mol. The van der Waals surface area contributed by atoms with E-state index in [4.69, 9.17) is 21.2 Å². The Hall–Kier alpha value is -4.37. The maximum absolute atomic E-state index is 14.7. The normalized spacial score (nSPS) is 22.3. The first-order valence-corrected chi connectivity index (χ1v) is 14.8. The van der Waals surface area contributed by atoms with Gasteiger partial charge in [-0.2, -0.15) is 0 Å². The molecule has 1 saturated heterocycles. The third-order valence-corrected chi connectivity index (χ3v) is 7.27. The van der Waals surface area contributed by atoms with E-state index in [9.17, 15) is 23.6 Å². The van der Waals surface area contributed by atoms with Gasteiger partial charge in [-0.15, -0.1) is 0 Å². The molecule has 1 fully saturated rings. The summed E-state index contributed by atoms with van der Waals surface area (Å²) in [5.74, 6) is -6.47. The Morgan fingerprint density at radius 1 is 1.07 bits per heavy atom. The molecule has 1 aliphatic rings. The summed E-state index contributed by atoms with van der Waals surface area (Å²) < 4.78 is 133. The molecule has 0 spiro atoms. The highest BCUT2D eigenvalue weighted by Gasteiger charge is 2.35. The first-order valence-electron chi connectivity index (χ1n) is 22.3. The van der Waals surface area contributed by atoms with E-state index in [1.54, 1.807) is 62.4 Å². The number of ether oxygens (including phenoxy) is 1. The van der Waals surface area contributed by atoms with Gasteiger partial charge in [-0.3, -0.25) is 9.59 Å². The summed E-state index contributed by atoms with van der Waals surface area (Å²) in [7, 11) is 0. The van der Waals surface area contributed by atoms with E-state index < -0.39 is 123 Å². The zero-order valence-corrected chi connectivity index (χ0v) is 25.6. The van der Waals surface area contributed by atoms with Crippen LogP contribution >= 0.6 is 0 Å². The van der Waals surface area contributed by atoms with Crippen molar-refractivity contribution in [2.24, 2.45) is 5.89 Å². The molecule has 0 aliphatic carbocycles. The topological polar surface area (TPSA) is 120 Å². The van der Waals surface area contributed by atoms with E-state index in [1.807, 2.05) is 0 Å². The molecule has 0 bridgehead atoms. The van der Waals surface area contributed by atoms with Crippen LogP contribution in [0.25, 0.3) is 0 Å². The molecule has 4 amide bonds. The van der Waals surface area contributed by atoms with Crippen molar-refractivity contribution in [3.8, 4) is 5.75 Å². The minimum atomic E-state index is -4.13. The van der Waals surface area contributed by atoms with Crippen LogP contribution in [0.15, 0.2) is 78.7 Å². The van der Waals surface area contributed by atoms with Gasteiger partial charge in [-0.05, 0) is 67.6 Å². The predicted octanol–water partition coefficient (Wildman–Crippen LogP) is 4.33. The van der Waals surface area contributed by atoms with Gasteiger partial charge >= 0.3 is 6.03 Å². The second-order valence-electron chi connectivity index (χ2n) is 10.8. The number of nitrogens with one attached hydrogen (secondary N) is 3. The molecule has 0 aromatic heterocycles. The van der Waals surface area contributed by atoms with Crippen LogP contribution in [-0.4, -0.2) is 71.8 Å². The lowest BCUT2D eigenvalue weighted by Gasteiger charge is -2.37. The quantitative estimate of drug-likeness (QED) is 0.197. The van der Waals surface area contributed by atoms with Gasteiger partial charge in [-0.25, -0.2) is 4.79 Å². The number of aliphatic hydroxyl groups excluding tert-OH is 1. The molecule has 246 valence electrons. The number of rotatable bonds is 15. The van der Waals surface area contributed by atoms with E-state index in [2.05, 4.69) is 16.0 Å². The van der Waals surface area contributed by atoms with Crippen molar-refractivity contribution in [2.75, 3.05) is 19.7 Å². The molecule has 3 aromatic rings. The Kier molecular flexibility index (Phi) is 7.06. The van der Waals surface area contributed by atoms with Crippen LogP contribution < -0.4 is 20.7 Å². The van der Waals surface area contributed by atoms with Crippen LogP contribution in [0, 0.1) is 19.7 Å². The second kappa shape index (κ2) is 16.8.